The van der Waals surface area contributed by atoms with Gasteiger partial charge in [0.25, 0.3) is 0 Å². The lowest BCUT2D eigenvalue weighted by Crippen LogP contribution is -2.33. The molecule has 22 heavy (non-hydrogen) atoms. The molecule has 9 nitrogen and oxygen atoms in total. The molecule has 3 N–H and O–H groups in total. The van der Waals surface area contributed by atoms with E-state index in [0.29, 0.717) is 5.76 Å². The molecule has 0 spiro atoms. The first-order valence-corrected chi connectivity index (χ1v) is 7.03. The standard InChI is InChI=1S/C12H12N4O5S/c17-9(13-6-10(18)19)4-8-11(20)15-12(22-8)16-14-5-7-2-1-3-21-7/h1-3,5,8H,4,6H2,(H,13,17)(H,18,19)(H,15,16,20). The van der Waals surface area contributed by atoms with Gasteiger partial charge in [0.2, 0.25) is 11.8 Å². The second kappa shape index (κ2) is 7.41. The number of thioether (sulfide) groups is 1. The van der Waals surface area contributed by atoms with Gasteiger partial charge >= 0.3 is 5.97 Å². The van der Waals surface area contributed by atoms with Gasteiger partial charge in [0.05, 0.1) is 12.5 Å². The molecule has 1 aliphatic heterocycles. The maximum Gasteiger partial charge on any atom is 0.322 e. The van der Waals surface area contributed by atoms with Gasteiger partial charge in [0.15, 0.2) is 5.17 Å². The van der Waals surface area contributed by atoms with Crippen LogP contribution < -0.4 is 10.6 Å². The van der Waals surface area contributed by atoms with Crippen LogP contribution in [0.3, 0.4) is 0 Å². The van der Waals surface area contributed by atoms with Crippen LogP contribution in [0.5, 0.6) is 0 Å². The molecule has 2 heterocycles. The van der Waals surface area contributed by atoms with Crippen molar-refractivity contribution >= 4 is 40.9 Å². The van der Waals surface area contributed by atoms with Crippen molar-refractivity contribution in [1.82, 2.24) is 10.6 Å². The van der Waals surface area contributed by atoms with Gasteiger partial charge in [-0.3, -0.25) is 14.4 Å². The minimum Gasteiger partial charge on any atom is -0.480 e. The Morgan fingerprint density at radius 2 is 2.36 bits per heavy atom. The van der Waals surface area contributed by atoms with E-state index < -0.39 is 23.7 Å². The van der Waals surface area contributed by atoms with Gasteiger partial charge in [-0.2, -0.15) is 5.10 Å². The molecule has 1 fully saturated rings. The van der Waals surface area contributed by atoms with Crippen molar-refractivity contribution in [3.05, 3.63) is 24.2 Å². The van der Waals surface area contributed by atoms with Crippen molar-refractivity contribution in [2.45, 2.75) is 11.7 Å². The number of rotatable bonds is 6. The second-order valence-corrected chi connectivity index (χ2v) is 5.33. The summed E-state index contributed by atoms with van der Waals surface area (Å²) in [5, 5.41) is 20.3. The number of amidine groups is 1. The first-order chi connectivity index (χ1) is 10.5. The summed E-state index contributed by atoms with van der Waals surface area (Å²) in [5.74, 6) is -1.52. The number of carbonyl (C=O) groups excluding carboxylic acids is 2. The fraction of sp³-hybridized carbons (Fsp3) is 0.250. The lowest BCUT2D eigenvalue weighted by atomic mass is 10.2. The summed E-state index contributed by atoms with van der Waals surface area (Å²) in [6.07, 6.45) is 2.74. The van der Waals surface area contributed by atoms with E-state index in [1.807, 2.05) is 0 Å². The molecule has 1 aromatic heterocycles. The molecule has 10 heteroatoms. The maximum atomic E-state index is 11.7. The Balaban J connectivity index is 1.85. The van der Waals surface area contributed by atoms with E-state index in [1.165, 1.54) is 12.5 Å². The van der Waals surface area contributed by atoms with Crippen molar-refractivity contribution in [2.75, 3.05) is 6.54 Å². The number of nitrogens with one attached hydrogen (secondary N) is 2. The highest BCUT2D eigenvalue weighted by Crippen LogP contribution is 2.22. The van der Waals surface area contributed by atoms with Crippen LogP contribution in [0.25, 0.3) is 0 Å². The molecule has 1 saturated heterocycles. The summed E-state index contributed by atoms with van der Waals surface area (Å²) in [6, 6.07) is 3.39. The van der Waals surface area contributed by atoms with Gasteiger partial charge in [-0.15, -0.1) is 5.10 Å². The third kappa shape index (κ3) is 4.74. The Morgan fingerprint density at radius 1 is 1.55 bits per heavy atom. The van der Waals surface area contributed by atoms with Crippen LogP contribution in [0.2, 0.25) is 0 Å². The zero-order valence-electron chi connectivity index (χ0n) is 11.2. The SMILES string of the molecule is O=C(O)CNC(=O)CC1SC(=NN=Cc2ccco2)NC1=O. The lowest BCUT2D eigenvalue weighted by Gasteiger charge is -2.04. The van der Waals surface area contributed by atoms with Crippen molar-refractivity contribution in [3.8, 4) is 0 Å². The van der Waals surface area contributed by atoms with Gasteiger partial charge in [-0.05, 0) is 12.1 Å². The molecule has 1 aliphatic rings. The highest BCUT2D eigenvalue weighted by molar-refractivity contribution is 8.15. The monoisotopic (exact) mass is 324 g/mol. The fourth-order valence-electron chi connectivity index (χ4n) is 1.50. The molecule has 2 amide bonds. The molecule has 2 rings (SSSR count). The third-order valence-electron chi connectivity index (χ3n) is 2.46. The summed E-state index contributed by atoms with van der Waals surface area (Å²) in [4.78, 5) is 33.5. The van der Waals surface area contributed by atoms with Crippen LogP contribution in [0, 0.1) is 0 Å². The number of carbonyl (C=O) groups is 3. The number of aliphatic carboxylic acids is 1. The van der Waals surface area contributed by atoms with Gasteiger partial charge in [0, 0.05) is 6.42 Å². The van der Waals surface area contributed by atoms with E-state index in [-0.39, 0.29) is 17.5 Å². The second-order valence-electron chi connectivity index (χ2n) is 4.14. The van der Waals surface area contributed by atoms with Crippen molar-refractivity contribution in [2.24, 2.45) is 10.2 Å². The third-order valence-corrected chi connectivity index (χ3v) is 3.53. The number of hydrogen-bond acceptors (Lipinski definition) is 7. The minimum absolute atomic E-state index is 0.134. The van der Waals surface area contributed by atoms with Crippen molar-refractivity contribution in [1.29, 1.82) is 0 Å². The number of amides is 2. The highest BCUT2D eigenvalue weighted by atomic mass is 32.2. The summed E-state index contributed by atoms with van der Waals surface area (Å²) in [5.41, 5.74) is 0. The Morgan fingerprint density at radius 3 is 3.05 bits per heavy atom. The Labute approximate surface area is 128 Å². The van der Waals surface area contributed by atoms with Gasteiger partial charge in [-0.1, -0.05) is 11.8 Å². The van der Waals surface area contributed by atoms with E-state index in [9.17, 15) is 14.4 Å². The molecular weight excluding hydrogens is 312 g/mol. The quantitative estimate of drug-likeness (QED) is 0.490. The molecule has 1 unspecified atom stereocenters. The molecule has 0 saturated carbocycles. The van der Waals surface area contributed by atoms with Crippen LogP contribution in [-0.4, -0.2) is 46.1 Å². The predicted octanol–water partition coefficient (Wildman–Crippen LogP) is -0.208. The predicted molar refractivity (Wildman–Crippen MR) is 78.5 cm³/mol. The summed E-state index contributed by atoms with van der Waals surface area (Å²) in [6.45, 7) is -0.480. The first kappa shape index (κ1) is 15.8. The molecular formula is C12H12N4O5S. The normalized spacial score (nSPS) is 19.5. The zero-order chi connectivity index (χ0) is 15.9. The van der Waals surface area contributed by atoms with Crippen LogP contribution >= 0.6 is 11.8 Å². The zero-order valence-corrected chi connectivity index (χ0v) is 12.0. The summed E-state index contributed by atoms with van der Waals surface area (Å²) >= 11 is 1.06. The minimum atomic E-state index is -1.15. The average Bonchev–Trinajstić information content (AvgIpc) is 3.08. The van der Waals surface area contributed by atoms with E-state index in [4.69, 9.17) is 9.52 Å². The lowest BCUT2D eigenvalue weighted by molar-refractivity contribution is -0.137. The van der Waals surface area contributed by atoms with Crippen LogP contribution in [-0.2, 0) is 14.4 Å². The van der Waals surface area contributed by atoms with Crippen LogP contribution in [0.15, 0.2) is 33.0 Å². The van der Waals surface area contributed by atoms with Gasteiger partial charge < -0.3 is 20.2 Å². The molecule has 116 valence electrons. The van der Waals surface area contributed by atoms with Gasteiger partial charge in [0.1, 0.15) is 17.6 Å². The van der Waals surface area contributed by atoms with E-state index in [0.717, 1.165) is 11.8 Å². The average molecular weight is 324 g/mol. The molecule has 0 aromatic carbocycles. The Kier molecular flexibility index (Phi) is 5.31. The molecule has 1 atom stereocenters. The number of carboxylic acid groups (broad SMARTS) is 1. The molecule has 1 aromatic rings. The maximum absolute atomic E-state index is 11.7. The summed E-state index contributed by atoms with van der Waals surface area (Å²) in [7, 11) is 0. The number of nitrogens with zero attached hydrogens (tertiary/aromatic N) is 2. The van der Waals surface area contributed by atoms with Gasteiger partial charge in [-0.25, -0.2) is 0 Å². The summed E-state index contributed by atoms with van der Waals surface area (Å²) < 4.78 is 5.03. The van der Waals surface area contributed by atoms with Crippen LogP contribution in [0.4, 0.5) is 0 Å². The first-order valence-electron chi connectivity index (χ1n) is 6.15. The van der Waals surface area contributed by atoms with Crippen molar-refractivity contribution in [3.63, 3.8) is 0 Å². The number of carboxylic acids is 1. The van der Waals surface area contributed by atoms with Crippen LogP contribution in [0.1, 0.15) is 12.2 Å². The fourth-order valence-corrected chi connectivity index (χ4v) is 2.43. The largest absolute Gasteiger partial charge is 0.480 e. The molecule has 0 aliphatic carbocycles. The Bertz CT molecular complexity index is 625. The highest BCUT2D eigenvalue weighted by Gasteiger charge is 2.32. The molecule has 0 radical (unpaired) electrons. The van der Waals surface area contributed by atoms with Crippen molar-refractivity contribution < 1.29 is 23.9 Å². The smallest absolute Gasteiger partial charge is 0.322 e. The number of furan rings is 1. The number of hydrogen-bond donors (Lipinski definition) is 3. The Hall–Kier alpha value is -2.62. The van der Waals surface area contributed by atoms with E-state index in [2.05, 4.69) is 20.8 Å². The molecule has 0 bridgehead atoms. The van der Waals surface area contributed by atoms with E-state index in [1.54, 1.807) is 12.1 Å². The topological polar surface area (TPSA) is 133 Å². The van der Waals surface area contributed by atoms with E-state index >= 15 is 0 Å².